The fourth-order valence-electron chi connectivity index (χ4n) is 1.40. The van der Waals surface area contributed by atoms with E-state index in [9.17, 15) is 27.5 Å². The van der Waals surface area contributed by atoms with Gasteiger partial charge in [0.05, 0.1) is 15.9 Å². The molecule has 0 N–H and O–H groups in total. The van der Waals surface area contributed by atoms with Crippen molar-refractivity contribution in [2.24, 2.45) is 0 Å². The maximum Gasteiger partial charge on any atom is 0.420 e. The van der Waals surface area contributed by atoms with E-state index in [4.69, 9.17) is 5.39 Å². The molecule has 0 fully saturated rings. The van der Waals surface area contributed by atoms with Crippen molar-refractivity contribution >= 4 is 21.5 Å². The SMILES string of the molecule is Cc1ccc(S(=O)(=O)[O-])cc1.N#[N+]c1ccc([N+](=O)[O-])cc1F. The number of hydrogen-bond acceptors (Lipinski definition) is 6. The van der Waals surface area contributed by atoms with Gasteiger partial charge in [-0.15, -0.1) is 0 Å². The van der Waals surface area contributed by atoms with E-state index in [1.807, 2.05) is 6.92 Å². The summed E-state index contributed by atoms with van der Waals surface area (Å²) in [5.41, 5.74) is 0.234. The van der Waals surface area contributed by atoms with Gasteiger partial charge in [-0.2, -0.15) is 4.39 Å². The van der Waals surface area contributed by atoms with Crippen LogP contribution in [-0.4, -0.2) is 17.9 Å². The number of non-ortho nitro benzene ring substituents is 1. The van der Waals surface area contributed by atoms with Gasteiger partial charge in [-0.1, -0.05) is 17.7 Å². The van der Waals surface area contributed by atoms with E-state index in [0.29, 0.717) is 6.07 Å². The average molecular weight is 339 g/mol. The van der Waals surface area contributed by atoms with Crippen molar-refractivity contribution in [3.63, 3.8) is 0 Å². The molecule has 0 saturated carbocycles. The molecule has 0 saturated heterocycles. The molecule has 0 amide bonds. The number of nitro groups is 1. The fourth-order valence-corrected chi connectivity index (χ4v) is 1.86. The van der Waals surface area contributed by atoms with Crippen LogP contribution in [-0.2, 0) is 10.1 Å². The standard InChI is InChI=1S/C7H8O3S.C6H3FN3O2/c1-6-2-4-7(5-3-6)11(8,9)10;7-5-3-4(10(11)12)1-2-6(5)9-8/h2-5H,1H3,(H,8,9,10);1-3H/q;+1/p-1. The van der Waals surface area contributed by atoms with E-state index in [-0.39, 0.29) is 16.3 Å². The Morgan fingerprint density at radius 3 is 2.13 bits per heavy atom. The minimum absolute atomic E-state index is 0.178. The topological polar surface area (TPSA) is 128 Å². The molecule has 23 heavy (non-hydrogen) atoms. The van der Waals surface area contributed by atoms with Crippen molar-refractivity contribution < 1.29 is 22.3 Å². The van der Waals surface area contributed by atoms with Crippen LogP contribution in [0.5, 0.6) is 0 Å². The molecule has 0 atom stereocenters. The normalized spacial score (nSPS) is 10.2. The Hall–Kier alpha value is -2.90. The molecule has 0 aromatic heterocycles. The largest absolute Gasteiger partial charge is 0.744 e. The molecule has 120 valence electrons. The van der Waals surface area contributed by atoms with Crippen molar-refractivity contribution in [2.45, 2.75) is 11.8 Å². The third-order valence-corrected chi connectivity index (χ3v) is 3.41. The Balaban J connectivity index is 0.000000231. The van der Waals surface area contributed by atoms with Gasteiger partial charge in [-0.05, 0) is 19.1 Å². The highest BCUT2D eigenvalue weighted by Gasteiger charge is 2.17. The predicted octanol–water partition coefficient (Wildman–Crippen LogP) is 3.12. The minimum atomic E-state index is -4.27. The van der Waals surface area contributed by atoms with Gasteiger partial charge in [0.1, 0.15) is 10.1 Å². The van der Waals surface area contributed by atoms with Crippen LogP contribution >= 0.6 is 0 Å². The summed E-state index contributed by atoms with van der Waals surface area (Å²) in [6.07, 6.45) is 0. The van der Waals surface area contributed by atoms with Crippen LogP contribution < -0.4 is 0 Å². The van der Waals surface area contributed by atoms with E-state index in [1.165, 1.54) is 12.1 Å². The van der Waals surface area contributed by atoms with Crippen molar-refractivity contribution in [3.05, 3.63) is 68.9 Å². The molecule has 0 bridgehead atoms. The summed E-state index contributed by atoms with van der Waals surface area (Å²) in [4.78, 5) is 11.8. The molecule has 2 rings (SSSR count). The molecule has 0 unspecified atom stereocenters. The van der Waals surface area contributed by atoms with Gasteiger partial charge in [-0.3, -0.25) is 10.1 Å². The Kier molecular flexibility index (Phi) is 5.83. The van der Waals surface area contributed by atoms with E-state index in [2.05, 4.69) is 4.98 Å². The molecule has 10 heteroatoms. The summed E-state index contributed by atoms with van der Waals surface area (Å²) in [5, 5.41) is 18.3. The highest BCUT2D eigenvalue weighted by molar-refractivity contribution is 7.85. The highest BCUT2D eigenvalue weighted by atomic mass is 32.2. The van der Waals surface area contributed by atoms with E-state index in [0.717, 1.165) is 17.7 Å². The number of benzene rings is 2. The van der Waals surface area contributed by atoms with Crippen molar-refractivity contribution in [1.29, 1.82) is 5.39 Å². The lowest BCUT2D eigenvalue weighted by Gasteiger charge is -2.05. The first-order chi connectivity index (χ1) is 10.6. The van der Waals surface area contributed by atoms with E-state index < -0.39 is 20.9 Å². The van der Waals surface area contributed by atoms with Crippen LogP contribution in [0.1, 0.15) is 5.56 Å². The first-order valence-electron chi connectivity index (χ1n) is 5.96. The molecule has 0 heterocycles. The Bertz CT molecular complexity index is 860. The van der Waals surface area contributed by atoms with Gasteiger partial charge >= 0.3 is 5.69 Å². The lowest BCUT2D eigenvalue weighted by Crippen LogP contribution is -1.97. The summed E-state index contributed by atoms with van der Waals surface area (Å²) in [6, 6.07) is 8.55. The number of nitro benzene ring substituents is 1. The zero-order valence-electron chi connectivity index (χ0n) is 11.7. The van der Waals surface area contributed by atoms with Crippen LogP contribution in [0.2, 0.25) is 0 Å². The fraction of sp³-hybridized carbons (Fsp3) is 0.0769. The Labute approximate surface area is 130 Å². The third kappa shape index (κ3) is 5.42. The smallest absolute Gasteiger partial charge is 0.420 e. The van der Waals surface area contributed by atoms with Gasteiger partial charge in [0.25, 0.3) is 5.69 Å². The van der Waals surface area contributed by atoms with Gasteiger partial charge in [0.15, 0.2) is 4.98 Å². The van der Waals surface area contributed by atoms with Crippen molar-refractivity contribution in [3.8, 4) is 0 Å². The maximum atomic E-state index is 12.7. The molecule has 0 radical (unpaired) electrons. The molecule has 2 aromatic carbocycles. The maximum absolute atomic E-state index is 12.7. The number of diazo groups is 1. The Morgan fingerprint density at radius 1 is 1.17 bits per heavy atom. The second-order valence-electron chi connectivity index (χ2n) is 4.26. The van der Waals surface area contributed by atoms with E-state index in [1.54, 1.807) is 12.1 Å². The average Bonchev–Trinajstić information content (AvgIpc) is 2.47. The molecule has 0 aliphatic rings. The molecule has 0 spiro atoms. The van der Waals surface area contributed by atoms with Crippen molar-refractivity contribution in [1.82, 2.24) is 0 Å². The Morgan fingerprint density at radius 2 is 1.74 bits per heavy atom. The van der Waals surface area contributed by atoms with Crippen LogP contribution in [0, 0.1) is 28.2 Å². The van der Waals surface area contributed by atoms with Gasteiger partial charge < -0.3 is 4.55 Å². The summed E-state index contributed by atoms with van der Waals surface area (Å²) in [6.45, 7) is 1.82. The van der Waals surface area contributed by atoms with Crippen molar-refractivity contribution in [2.75, 3.05) is 0 Å². The van der Waals surface area contributed by atoms with Gasteiger partial charge in [-0.25, -0.2) is 8.42 Å². The number of halogens is 1. The predicted molar refractivity (Wildman–Crippen MR) is 76.9 cm³/mol. The van der Waals surface area contributed by atoms with Gasteiger partial charge in [0, 0.05) is 12.1 Å². The molecule has 0 aliphatic carbocycles. The summed E-state index contributed by atoms with van der Waals surface area (Å²) in [5.74, 6) is -0.924. The third-order valence-electron chi connectivity index (χ3n) is 2.56. The quantitative estimate of drug-likeness (QED) is 0.358. The van der Waals surface area contributed by atoms with Crippen LogP contribution in [0.4, 0.5) is 15.8 Å². The molecular formula is C13H10FN3O5S. The number of hydrogen-bond donors (Lipinski definition) is 0. The zero-order valence-corrected chi connectivity index (χ0v) is 12.5. The van der Waals surface area contributed by atoms with E-state index >= 15 is 0 Å². The molecular weight excluding hydrogens is 329 g/mol. The number of aryl methyl sites for hydroxylation is 1. The monoisotopic (exact) mass is 339 g/mol. The molecule has 0 aliphatic heterocycles. The summed E-state index contributed by atoms with van der Waals surface area (Å²) < 4.78 is 43.8. The molecule has 8 nitrogen and oxygen atoms in total. The zero-order chi connectivity index (χ0) is 17.6. The first-order valence-corrected chi connectivity index (χ1v) is 7.37. The van der Waals surface area contributed by atoms with Gasteiger partial charge in [0.2, 0.25) is 11.2 Å². The molecule has 2 aromatic rings. The van der Waals surface area contributed by atoms with Crippen LogP contribution in [0.15, 0.2) is 47.4 Å². The lowest BCUT2D eigenvalue weighted by molar-refractivity contribution is -0.385. The van der Waals surface area contributed by atoms with Crippen LogP contribution in [0.25, 0.3) is 4.98 Å². The number of rotatable bonds is 2. The first kappa shape index (κ1) is 18.1. The summed E-state index contributed by atoms with van der Waals surface area (Å²) >= 11 is 0. The van der Waals surface area contributed by atoms with Crippen LogP contribution in [0.3, 0.4) is 0 Å². The lowest BCUT2D eigenvalue weighted by atomic mass is 10.2. The second kappa shape index (κ2) is 7.39. The highest BCUT2D eigenvalue weighted by Crippen LogP contribution is 2.22. The summed E-state index contributed by atoms with van der Waals surface area (Å²) in [7, 11) is -4.27. The number of nitrogens with zero attached hydrogens (tertiary/aromatic N) is 3. The minimum Gasteiger partial charge on any atom is -0.744 e. The second-order valence-corrected chi connectivity index (χ2v) is 5.64.